The van der Waals surface area contributed by atoms with Crippen molar-refractivity contribution in [2.24, 2.45) is 0 Å². The number of halogens is 1. The minimum atomic E-state index is 0.602. The van der Waals surface area contributed by atoms with Crippen LogP contribution in [0, 0.1) is 13.8 Å². The van der Waals surface area contributed by atoms with Crippen LogP contribution in [0.15, 0.2) is 29.0 Å². The summed E-state index contributed by atoms with van der Waals surface area (Å²) in [5.41, 5.74) is 6.29. The predicted octanol–water partition coefficient (Wildman–Crippen LogP) is 4.54. The molecule has 0 radical (unpaired) electrons. The van der Waals surface area contributed by atoms with Crippen LogP contribution in [0.1, 0.15) is 22.5 Å². The van der Waals surface area contributed by atoms with Gasteiger partial charge in [0.05, 0.1) is 17.6 Å². The quantitative estimate of drug-likeness (QED) is 0.647. The van der Waals surface area contributed by atoms with Crippen molar-refractivity contribution in [1.82, 2.24) is 9.55 Å². The van der Waals surface area contributed by atoms with Gasteiger partial charge in [0, 0.05) is 12.3 Å². The largest absolute Gasteiger partial charge is 0.323 e. The average molecular weight is 305 g/mol. The number of alkyl halides is 1. The van der Waals surface area contributed by atoms with Crippen LogP contribution in [0.5, 0.6) is 0 Å². The summed E-state index contributed by atoms with van der Waals surface area (Å²) in [6.07, 6.45) is 0.804. The Kier molecular flexibility index (Phi) is 3.81. The van der Waals surface area contributed by atoms with Gasteiger partial charge >= 0.3 is 0 Å². The monoisotopic (exact) mass is 304 g/mol. The molecule has 2 heterocycles. The zero-order chi connectivity index (χ0) is 14.1. The molecule has 0 aliphatic rings. The zero-order valence-electron chi connectivity index (χ0n) is 11.7. The number of aromatic nitrogens is 2. The molecule has 0 saturated heterocycles. The summed E-state index contributed by atoms with van der Waals surface area (Å²) >= 11 is 7.69. The van der Waals surface area contributed by atoms with E-state index >= 15 is 0 Å². The first-order valence-corrected chi connectivity index (χ1v) is 8.21. The first-order chi connectivity index (χ1) is 9.70. The minimum Gasteiger partial charge on any atom is -0.323 e. The lowest BCUT2D eigenvalue weighted by molar-refractivity contribution is 0.752. The summed E-state index contributed by atoms with van der Waals surface area (Å²) in [5, 5.41) is 4.42. The van der Waals surface area contributed by atoms with Crippen molar-refractivity contribution in [3.63, 3.8) is 0 Å². The average Bonchev–Trinajstić information content (AvgIpc) is 2.97. The zero-order valence-corrected chi connectivity index (χ0v) is 13.3. The van der Waals surface area contributed by atoms with E-state index in [1.54, 1.807) is 11.3 Å². The van der Waals surface area contributed by atoms with Gasteiger partial charge in [0.1, 0.15) is 5.82 Å². The number of nitrogens with zero attached hydrogens (tertiary/aromatic N) is 2. The van der Waals surface area contributed by atoms with Crippen LogP contribution in [-0.2, 0) is 13.0 Å². The van der Waals surface area contributed by atoms with Crippen molar-refractivity contribution in [2.45, 2.75) is 26.8 Å². The highest BCUT2D eigenvalue weighted by Gasteiger charge is 2.13. The third kappa shape index (κ3) is 2.36. The van der Waals surface area contributed by atoms with E-state index in [-0.39, 0.29) is 0 Å². The topological polar surface area (TPSA) is 17.8 Å². The Morgan fingerprint density at radius 3 is 2.75 bits per heavy atom. The molecule has 0 aliphatic carbocycles. The minimum absolute atomic E-state index is 0.602. The highest BCUT2D eigenvalue weighted by atomic mass is 35.5. The Morgan fingerprint density at radius 2 is 2.05 bits per heavy atom. The number of hydrogen-bond donors (Lipinski definition) is 0. The fourth-order valence-electron chi connectivity index (χ4n) is 2.58. The fourth-order valence-corrected chi connectivity index (χ4v) is 3.60. The van der Waals surface area contributed by atoms with Crippen LogP contribution >= 0.6 is 22.9 Å². The lowest BCUT2D eigenvalue weighted by Crippen LogP contribution is -2.06. The summed E-state index contributed by atoms with van der Waals surface area (Å²) in [6.45, 7) is 5.19. The molecular weight excluding hydrogens is 288 g/mol. The maximum atomic E-state index is 5.94. The molecule has 0 amide bonds. The van der Waals surface area contributed by atoms with Crippen LogP contribution in [0.2, 0.25) is 0 Å². The molecule has 0 unspecified atom stereocenters. The van der Waals surface area contributed by atoms with Crippen LogP contribution < -0.4 is 0 Å². The number of aryl methyl sites for hydroxylation is 3. The van der Waals surface area contributed by atoms with E-state index in [4.69, 9.17) is 16.6 Å². The van der Waals surface area contributed by atoms with E-state index in [1.807, 2.05) is 0 Å². The van der Waals surface area contributed by atoms with Crippen molar-refractivity contribution < 1.29 is 0 Å². The standard InChI is InChI=1S/C16H17ClN2S/c1-11-4-3-5-14-16(11)19(15(18-14)6-7-17)8-13-10-20-9-12(13)2/h3-5,9-10H,6-8H2,1-2H3. The van der Waals surface area contributed by atoms with E-state index in [2.05, 4.69) is 47.4 Å². The summed E-state index contributed by atoms with van der Waals surface area (Å²) in [6, 6.07) is 6.29. The molecule has 0 spiro atoms. The molecule has 0 atom stereocenters. The Bertz CT molecular complexity index is 742. The molecule has 0 bridgehead atoms. The summed E-state index contributed by atoms with van der Waals surface area (Å²) in [5.74, 6) is 1.68. The Balaban J connectivity index is 2.15. The highest BCUT2D eigenvalue weighted by Crippen LogP contribution is 2.24. The summed E-state index contributed by atoms with van der Waals surface area (Å²) < 4.78 is 2.32. The number of thiophene rings is 1. The van der Waals surface area contributed by atoms with Gasteiger partial charge in [-0.3, -0.25) is 0 Å². The summed E-state index contributed by atoms with van der Waals surface area (Å²) in [4.78, 5) is 4.76. The Morgan fingerprint density at radius 1 is 1.20 bits per heavy atom. The van der Waals surface area contributed by atoms with Gasteiger partial charge in [-0.1, -0.05) is 12.1 Å². The van der Waals surface area contributed by atoms with E-state index in [0.29, 0.717) is 5.88 Å². The Hall–Kier alpha value is -1.32. The predicted molar refractivity (Wildman–Crippen MR) is 87.1 cm³/mol. The molecule has 1 aromatic carbocycles. The lowest BCUT2D eigenvalue weighted by Gasteiger charge is -2.10. The van der Waals surface area contributed by atoms with Crippen molar-refractivity contribution in [3.8, 4) is 0 Å². The molecule has 3 rings (SSSR count). The van der Waals surface area contributed by atoms with Gasteiger partial charge in [0.25, 0.3) is 0 Å². The van der Waals surface area contributed by atoms with Crippen LogP contribution in [0.3, 0.4) is 0 Å². The second-order valence-electron chi connectivity index (χ2n) is 5.08. The molecule has 0 aliphatic heterocycles. The SMILES string of the molecule is Cc1cscc1Cn1c(CCCl)nc2cccc(C)c21. The molecule has 20 heavy (non-hydrogen) atoms. The molecule has 0 fully saturated rings. The maximum absolute atomic E-state index is 5.94. The third-order valence-corrected chi connectivity index (χ3v) is 4.75. The van der Waals surface area contributed by atoms with Gasteiger partial charge in [0.2, 0.25) is 0 Å². The Labute approximate surface area is 128 Å². The molecule has 104 valence electrons. The first-order valence-electron chi connectivity index (χ1n) is 6.73. The highest BCUT2D eigenvalue weighted by molar-refractivity contribution is 7.08. The van der Waals surface area contributed by atoms with Gasteiger partial charge < -0.3 is 4.57 Å². The van der Waals surface area contributed by atoms with E-state index in [1.165, 1.54) is 22.2 Å². The van der Waals surface area contributed by atoms with Crippen LogP contribution in [0.4, 0.5) is 0 Å². The number of para-hydroxylation sites is 1. The van der Waals surface area contributed by atoms with Crippen molar-refractivity contribution in [3.05, 3.63) is 51.5 Å². The number of imidazole rings is 1. The third-order valence-electron chi connectivity index (χ3n) is 3.66. The molecule has 4 heteroatoms. The molecular formula is C16H17ClN2S. The van der Waals surface area contributed by atoms with Gasteiger partial charge in [-0.05, 0) is 47.4 Å². The molecule has 3 aromatic rings. The van der Waals surface area contributed by atoms with Crippen LogP contribution in [0.25, 0.3) is 11.0 Å². The van der Waals surface area contributed by atoms with Crippen molar-refractivity contribution in [2.75, 3.05) is 5.88 Å². The number of rotatable bonds is 4. The van der Waals surface area contributed by atoms with E-state index in [9.17, 15) is 0 Å². The molecule has 0 saturated carbocycles. The smallest absolute Gasteiger partial charge is 0.111 e. The maximum Gasteiger partial charge on any atom is 0.111 e. The number of hydrogen-bond acceptors (Lipinski definition) is 2. The first kappa shape index (κ1) is 13.7. The second-order valence-corrected chi connectivity index (χ2v) is 6.20. The number of fused-ring (bicyclic) bond motifs is 1. The van der Waals surface area contributed by atoms with Gasteiger partial charge in [0.15, 0.2) is 0 Å². The normalized spacial score (nSPS) is 11.3. The van der Waals surface area contributed by atoms with Gasteiger partial charge in [-0.15, -0.1) is 11.6 Å². The van der Waals surface area contributed by atoms with Crippen molar-refractivity contribution >= 4 is 34.0 Å². The molecule has 2 aromatic heterocycles. The van der Waals surface area contributed by atoms with E-state index < -0.39 is 0 Å². The molecule has 2 nitrogen and oxygen atoms in total. The van der Waals surface area contributed by atoms with Crippen molar-refractivity contribution in [1.29, 1.82) is 0 Å². The number of benzene rings is 1. The van der Waals surface area contributed by atoms with Gasteiger partial charge in [-0.2, -0.15) is 11.3 Å². The van der Waals surface area contributed by atoms with E-state index in [0.717, 1.165) is 24.3 Å². The molecule has 0 N–H and O–H groups in total. The fraction of sp³-hybridized carbons (Fsp3) is 0.312. The summed E-state index contributed by atoms with van der Waals surface area (Å²) in [7, 11) is 0. The lowest BCUT2D eigenvalue weighted by atomic mass is 10.2. The van der Waals surface area contributed by atoms with Gasteiger partial charge in [-0.25, -0.2) is 4.98 Å². The second kappa shape index (κ2) is 5.58. The van der Waals surface area contributed by atoms with Crippen LogP contribution in [-0.4, -0.2) is 15.4 Å².